The molecule has 43 heavy (non-hydrogen) atoms. The molecule has 0 radical (unpaired) electrons. The van der Waals surface area contributed by atoms with Crippen LogP contribution < -0.4 is 5.73 Å². The Morgan fingerprint density at radius 1 is 0.465 bits per heavy atom. The molecule has 4 fully saturated rings. The van der Waals surface area contributed by atoms with E-state index in [9.17, 15) is 51.1 Å². The largest absolute Gasteiger partial charge is 0.394 e. The predicted molar refractivity (Wildman–Crippen MR) is 136 cm³/mol. The SMILES string of the molecule is CC1OC(CO)[C@@H](O[C@@H]2OC(CO)[C@H](O)C(O)C2O[C@@H]2OC(C)[C@@H](O)C(O)C2O)C(O[C@@H]2OC(C)[C@@H](O)C(O)C2O)C1N. The van der Waals surface area contributed by atoms with Crippen molar-refractivity contribution in [1.82, 2.24) is 0 Å². The van der Waals surface area contributed by atoms with Gasteiger partial charge in [0.2, 0.25) is 0 Å². The van der Waals surface area contributed by atoms with Crippen molar-refractivity contribution in [3.05, 3.63) is 0 Å². The Balaban J connectivity index is 1.62. The van der Waals surface area contributed by atoms with Crippen LogP contribution in [0.15, 0.2) is 0 Å². The second-order valence-electron chi connectivity index (χ2n) is 11.5. The van der Waals surface area contributed by atoms with E-state index in [0.717, 1.165) is 0 Å². The van der Waals surface area contributed by atoms with Crippen molar-refractivity contribution in [3.63, 3.8) is 0 Å². The highest BCUT2D eigenvalue weighted by Crippen LogP contribution is 2.34. The Kier molecular flexibility index (Phi) is 11.7. The first kappa shape index (κ1) is 35.1. The predicted octanol–water partition coefficient (Wildman–Crippen LogP) is -6.66. The average Bonchev–Trinajstić information content (AvgIpc) is 2.98. The third kappa shape index (κ3) is 7.02. The molecule has 0 aromatic carbocycles. The van der Waals surface area contributed by atoms with E-state index in [4.69, 9.17) is 38.9 Å². The molecule has 13 unspecified atom stereocenters. The molecule has 0 aromatic rings. The first-order valence-corrected chi connectivity index (χ1v) is 14.2. The molecule has 0 saturated carbocycles. The van der Waals surface area contributed by atoms with Gasteiger partial charge in [0.1, 0.15) is 79.4 Å². The average molecular weight is 632 g/mol. The van der Waals surface area contributed by atoms with E-state index < -0.39 is 136 Å². The minimum Gasteiger partial charge on any atom is -0.394 e. The molecule has 0 aliphatic carbocycles. The molecule has 18 heteroatoms. The lowest BCUT2D eigenvalue weighted by Crippen LogP contribution is -2.68. The summed E-state index contributed by atoms with van der Waals surface area (Å²) in [4.78, 5) is 0. The molecule has 20 atom stereocenters. The first-order valence-electron chi connectivity index (χ1n) is 14.2. The van der Waals surface area contributed by atoms with Crippen LogP contribution in [0.4, 0.5) is 0 Å². The van der Waals surface area contributed by atoms with E-state index in [1.807, 2.05) is 0 Å². The summed E-state index contributed by atoms with van der Waals surface area (Å²) in [5.41, 5.74) is 6.38. The van der Waals surface area contributed by atoms with Gasteiger partial charge in [0.05, 0.1) is 37.6 Å². The molecule has 4 saturated heterocycles. The minimum atomic E-state index is -1.82. The summed E-state index contributed by atoms with van der Waals surface area (Å²) in [5.74, 6) is 0. The van der Waals surface area contributed by atoms with Crippen molar-refractivity contribution in [2.75, 3.05) is 13.2 Å². The fourth-order valence-electron chi connectivity index (χ4n) is 5.65. The van der Waals surface area contributed by atoms with Gasteiger partial charge in [0, 0.05) is 0 Å². The third-order valence-electron chi connectivity index (χ3n) is 8.50. The number of aliphatic hydroxyl groups excluding tert-OH is 10. The highest BCUT2D eigenvalue weighted by atomic mass is 16.8. The number of hydrogen-bond donors (Lipinski definition) is 11. The van der Waals surface area contributed by atoms with Gasteiger partial charge >= 0.3 is 0 Å². The first-order chi connectivity index (χ1) is 20.2. The molecule has 252 valence electrons. The fraction of sp³-hybridized carbons (Fsp3) is 1.00. The molecule has 0 aromatic heterocycles. The maximum Gasteiger partial charge on any atom is 0.187 e. The second-order valence-corrected chi connectivity index (χ2v) is 11.5. The summed E-state index contributed by atoms with van der Waals surface area (Å²) < 4.78 is 40.3. The summed E-state index contributed by atoms with van der Waals surface area (Å²) in [6, 6.07) is -1.00. The maximum atomic E-state index is 11.0. The summed E-state index contributed by atoms with van der Waals surface area (Å²) >= 11 is 0. The number of rotatable bonds is 8. The van der Waals surface area contributed by atoms with Gasteiger partial charge in [0.15, 0.2) is 18.9 Å². The molecule has 12 N–H and O–H groups in total. The molecule has 4 heterocycles. The number of nitrogens with two attached hydrogens (primary N) is 1. The second kappa shape index (κ2) is 14.4. The Hall–Kier alpha value is -0.720. The van der Waals surface area contributed by atoms with Crippen LogP contribution in [0.3, 0.4) is 0 Å². The van der Waals surface area contributed by atoms with E-state index in [1.165, 1.54) is 13.8 Å². The van der Waals surface area contributed by atoms with Crippen LogP contribution in [0.2, 0.25) is 0 Å². The fourth-order valence-corrected chi connectivity index (χ4v) is 5.65. The normalized spacial score (nSPS) is 54.8. The summed E-state index contributed by atoms with van der Waals surface area (Å²) in [7, 11) is 0. The Morgan fingerprint density at radius 2 is 0.930 bits per heavy atom. The minimum absolute atomic E-state index is 0.647. The lowest BCUT2D eigenvalue weighted by Gasteiger charge is -2.50. The molecule has 18 nitrogen and oxygen atoms in total. The quantitative estimate of drug-likeness (QED) is 0.119. The monoisotopic (exact) mass is 631 g/mol. The number of aliphatic hydroxyl groups is 10. The maximum absolute atomic E-state index is 11.0. The third-order valence-corrected chi connectivity index (χ3v) is 8.50. The van der Waals surface area contributed by atoms with Crippen molar-refractivity contribution >= 4 is 0 Å². The Bertz CT molecular complexity index is 891. The number of hydrogen-bond acceptors (Lipinski definition) is 18. The highest BCUT2D eigenvalue weighted by molar-refractivity contribution is 4.99. The van der Waals surface area contributed by atoms with E-state index in [1.54, 1.807) is 6.92 Å². The van der Waals surface area contributed by atoms with E-state index in [0.29, 0.717) is 0 Å². The van der Waals surface area contributed by atoms with Crippen LogP contribution in [-0.4, -0.2) is 187 Å². The standard InChI is InChI=1S/C25H45NO17/c1-6-11(26)21(42-23-18(35)15(32)12(29)7(2)38-23)20(10(5-28)37-6)41-25-22(17(34)14(31)9(4-27)40-25)43-24-19(36)16(33)13(30)8(3)39-24/h6-25,27-36H,4-5,26H2,1-3H3/t6?,7?,8?,9?,10?,11?,12-,13-,14+,15?,16?,17?,18?,19?,20-,21?,22?,23+,24+,25+/m1/s1. The van der Waals surface area contributed by atoms with Crippen molar-refractivity contribution in [3.8, 4) is 0 Å². The van der Waals surface area contributed by atoms with E-state index >= 15 is 0 Å². The smallest absolute Gasteiger partial charge is 0.187 e. The highest BCUT2D eigenvalue weighted by Gasteiger charge is 2.54. The molecule has 4 rings (SSSR count). The number of ether oxygens (including phenoxy) is 7. The van der Waals surface area contributed by atoms with Gasteiger partial charge in [0.25, 0.3) is 0 Å². The molecular formula is C25H45NO17. The van der Waals surface area contributed by atoms with Crippen LogP contribution in [-0.2, 0) is 33.2 Å². The molecule has 0 amide bonds. The van der Waals surface area contributed by atoms with Gasteiger partial charge in [-0.15, -0.1) is 0 Å². The zero-order chi connectivity index (χ0) is 31.9. The van der Waals surface area contributed by atoms with Crippen molar-refractivity contribution in [2.24, 2.45) is 5.73 Å². The molecule has 0 spiro atoms. The molecule has 0 bridgehead atoms. The van der Waals surface area contributed by atoms with Gasteiger partial charge in [-0.1, -0.05) is 0 Å². The van der Waals surface area contributed by atoms with Gasteiger partial charge < -0.3 is 90.0 Å². The lowest BCUT2D eigenvalue weighted by molar-refractivity contribution is -0.385. The molecule has 4 aliphatic rings. The molecule has 4 aliphatic heterocycles. The van der Waals surface area contributed by atoms with Crippen molar-refractivity contribution in [2.45, 2.75) is 143 Å². The van der Waals surface area contributed by atoms with Gasteiger partial charge in [-0.2, -0.15) is 0 Å². The van der Waals surface area contributed by atoms with Crippen LogP contribution in [0.25, 0.3) is 0 Å². The Labute approximate surface area is 247 Å². The van der Waals surface area contributed by atoms with Gasteiger partial charge in [-0.25, -0.2) is 0 Å². The van der Waals surface area contributed by atoms with Crippen molar-refractivity contribution in [1.29, 1.82) is 0 Å². The van der Waals surface area contributed by atoms with Gasteiger partial charge in [-0.3, -0.25) is 0 Å². The van der Waals surface area contributed by atoms with E-state index in [2.05, 4.69) is 0 Å². The summed E-state index contributed by atoms with van der Waals surface area (Å²) in [5, 5.41) is 103. The van der Waals surface area contributed by atoms with Crippen LogP contribution in [0.5, 0.6) is 0 Å². The summed E-state index contributed by atoms with van der Waals surface area (Å²) in [6.45, 7) is 3.03. The van der Waals surface area contributed by atoms with Crippen LogP contribution in [0.1, 0.15) is 20.8 Å². The van der Waals surface area contributed by atoms with Crippen LogP contribution in [0, 0.1) is 0 Å². The summed E-state index contributed by atoms with van der Waals surface area (Å²) in [6.07, 6.45) is -27.7. The zero-order valence-corrected chi connectivity index (χ0v) is 23.9. The van der Waals surface area contributed by atoms with E-state index in [-0.39, 0.29) is 0 Å². The van der Waals surface area contributed by atoms with Crippen LogP contribution >= 0.6 is 0 Å². The topological polar surface area (TPSA) is 293 Å². The Morgan fingerprint density at radius 3 is 1.42 bits per heavy atom. The van der Waals surface area contributed by atoms with Crippen molar-refractivity contribution < 1.29 is 84.2 Å². The van der Waals surface area contributed by atoms with Gasteiger partial charge in [-0.05, 0) is 20.8 Å². The molecular weight excluding hydrogens is 586 g/mol. The lowest BCUT2D eigenvalue weighted by atomic mass is 9.92. The zero-order valence-electron chi connectivity index (χ0n) is 23.9.